The third-order valence-corrected chi connectivity index (χ3v) is 6.52. The Bertz CT molecular complexity index is 314. The molecule has 0 bridgehead atoms. The zero-order valence-electron chi connectivity index (χ0n) is 11.0. The van der Waals surface area contributed by atoms with E-state index in [2.05, 4.69) is 41.9 Å². The summed E-state index contributed by atoms with van der Waals surface area (Å²) < 4.78 is 2.08. The summed E-state index contributed by atoms with van der Waals surface area (Å²) >= 11 is 0. The molecule has 1 N–H and O–H groups in total. The van der Waals surface area contributed by atoms with Crippen LogP contribution < -0.4 is 0 Å². The first-order chi connectivity index (χ1) is 7.50. The molecule has 1 aromatic rings. The molecule has 1 rings (SSSR count). The monoisotopic (exact) mass is 277 g/mol. The molecule has 0 atom stereocenters. The van der Waals surface area contributed by atoms with E-state index in [1.807, 2.05) is 12.5 Å². The average molecular weight is 278 g/mol. The molecule has 0 fully saturated rings. The van der Waals surface area contributed by atoms with Crippen LogP contribution >= 0.6 is 20.0 Å². The highest BCUT2D eigenvalue weighted by atomic mass is 35.5. The van der Waals surface area contributed by atoms with E-state index < -0.39 is 7.56 Å². The fourth-order valence-electron chi connectivity index (χ4n) is 2.04. The lowest BCUT2D eigenvalue weighted by molar-refractivity contribution is 0.700. The van der Waals surface area contributed by atoms with Crippen LogP contribution in [-0.4, -0.2) is 21.6 Å². The Morgan fingerprint density at radius 2 is 1.76 bits per heavy atom. The van der Waals surface area contributed by atoms with E-state index in [1.54, 1.807) is 6.20 Å². The van der Waals surface area contributed by atoms with E-state index in [4.69, 9.17) is 5.53 Å². The van der Waals surface area contributed by atoms with Crippen LogP contribution in [0.2, 0.25) is 0 Å². The lowest BCUT2D eigenvalue weighted by Crippen LogP contribution is -2.15. The number of nitrogens with one attached hydrogen (secondary N) is 1. The molecule has 1 heterocycles. The van der Waals surface area contributed by atoms with Crippen LogP contribution in [0.25, 0.3) is 0 Å². The Morgan fingerprint density at radius 1 is 1.24 bits per heavy atom. The molecule has 98 valence electrons. The van der Waals surface area contributed by atoms with Crippen LogP contribution in [-0.2, 0) is 0 Å². The second kappa shape index (κ2) is 7.07. The van der Waals surface area contributed by atoms with Crippen molar-refractivity contribution in [3.63, 3.8) is 0 Å². The Morgan fingerprint density at radius 3 is 2.06 bits per heavy atom. The van der Waals surface area contributed by atoms with Crippen LogP contribution in [0, 0.1) is 17.4 Å². The van der Waals surface area contributed by atoms with E-state index in [9.17, 15) is 0 Å². The molecule has 0 amide bonds. The molecule has 17 heavy (non-hydrogen) atoms. The van der Waals surface area contributed by atoms with Crippen molar-refractivity contribution in [3.05, 3.63) is 18.7 Å². The Hall–Kier alpha value is -0.470. The van der Waals surface area contributed by atoms with Crippen LogP contribution in [0.15, 0.2) is 23.6 Å². The summed E-state index contributed by atoms with van der Waals surface area (Å²) in [7, 11) is -1.75. The molecule has 0 unspecified atom stereocenters. The van der Waals surface area contributed by atoms with Crippen molar-refractivity contribution in [1.82, 2.24) is 9.32 Å². The van der Waals surface area contributed by atoms with Gasteiger partial charge in [0.15, 0.2) is 0 Å². The zero-order valence-corrected chi connectivity index (χ0v) is 12.7. The summed E-state index contributed by atoms with van der Waals surface area (Å²) in [4.78, 5) is 8.12. The Kier molecular flexibility index (Phi) is 6.88. The Labute approximate surface area is 111 Å². The van der Waals surface area contributed by atoms with E-state index >= 15 is 0 Å². The predicted octanol–water partition coefficient (Wildman–Crippen LogP) is 4.34. The number of halogens is 1. The molecule has 0 aliphatic rings. The van der Waals surface area contributed by atoms with E-state index in [-0.39, 0.29) is 12.4 Å². The van der Waals surface area contributed by atoms with Gasteiger partial charge in [-0.15, -0.1) is 12.4 Å². The number of hydrogen-bond acceptors (Lipinski definition) is 3. The standard InChI is InChI=1S/C11H22N4P.ClH/c1-10(2)7-16(14-12,8-11(3)4)15-6-5-13-9-15;/h5-6,9-12H,7-8H2,1-4H3;1H/q+1;. The van der Waals surface area contributed by atoms with Gasteiger partial charge in [0, 0.05) is 6.20 Å². The molecule has 0 aliphatic carbocycles. The van der Waals surface area contributed by atoms with Gasteiger partial charge in [-0.3, -0.25) is 0 Å². The van der Waals surface area contributed by atoms with E-state index in [1.165, 1.54) is 0 Å². The van der Waals surface area contributed by atoms with E-state index in [0.717, 1.165) is 12.3 Å². The van der Waals surface area contributed by atoms with Gasteiger partial charge >= 0.3 is 0 Å². The molecular weight excluding hydrogens is 255 g/mol. The van der Waals surface area contributed by atoms with Crippen LogP contribution in [0.1, 0.15) is 27.7 Å². The van der Waals surface area contributed by atoms with Crippen molar-refractivity contribution < 1.29 is 0 Å². The topological polar surface area (TPSA) is 54.0 Å². The first-order valence-electron chi connectivity index (χ1n) is 5.75. The summed E-state index contributed by atoms with van der Waals surface area (Å²) in [5.41, 5.74) is 7.60. The molecule has 0 saturated heterocycles. The highest BCUT2D eigenvalue weighted by Crippen LogP contribution is 2.63. The van der Waals surface area contributed by atoms with Gasteiger partial charge in [-0.05, 0) is 16.7 Å². The minimum Gasteiger partial charge on any atom is -0.241 e. The molecule has 0 aromatic carbocycles. The van der Waals surface area contributed by atoms with Gasteiger partial charge in [-0.1, -0.05) is 27.7 Å². The maximum atomic E-state index is 7.60. The lowest BCUT2D eigenvalue weighted by Gasteiger charge is -2.23. The number of rotatable bonds is 6. The maximum Gasteiger partial charge on any atom is 0.253 e. The minimum absolute atomic E-state index is 0. The van der Waals surface area contributed by atoms with Crippen LogP contribution in [0.4, 0.5) is 0 Å². The maximum absolute atomic E-state index is 7.60. The highest BCUT2D eigenvalue weighted by molar-refractivity contribution is 7.72. The van der Waals surface area contributed by atoms with Gasteiger partial charge in [0.2, 0.25) is 0 Å². The van der Waals surface area contributed by atoms with Crippen molar-refractivity contribution in [1.29, 1.82) is 5.53 Å². The van der Waals surface area contributed by atoms with Crippen molar-refractivity contribution in [3.8, 4) is 0 Å². The predicted molar refractivity (Wildman–Crippen MR) is 76.4 cm³/mol. The quantitative estimate of drug-likeness (QED) is 0.610. The van der Waals surface area contributed by atoms with Crippen LogP contribution in [0.3, 0.4) is 0 Å². The number of nitrogens with zero attached hydrogens (tertiary/aromatic N) is 3. The van der Waals surface area contributed by atoms with Crippen molar-refractivity contribution >= 4 is 20.0 Å². The van der Waals surface area contributed by atoms with Crippen LogP contribution in [0.5, 0.6) is 0 Å². The third-order valence-electron chi connectivity index (χ3n) is 2.42. The molecular formula is C11H23ClN4P+. The van der Waals surface area contributed by atoms with E-state index in [0.29, 0.717) is 11.8 Å². The zero-order chi connectivity index (χ0) is 12.2. The number of hydrogen-bond donors (Lipinski definition) is 1. The summed E-state index contributed by atoms with van der Waals surface area (Å²) in [6.07, 6.45) is 7.53. The average Bonchev–Trinajstić information content (AvgIpc) is 2.68. The largest absolute Gasteiger partial charge is 0.253 e. The van der Waals surface area contributed by atoms with Gasteiger partial charge in [0.1, 0.15) is 18.7 Å². The van der Waals surface area contributed by atoms with Crippen molar-refractivity contribution in [2.45, 2.75) is 27.7 Å². The molecule has 0 radical (unpaired) electrons. The second-order valence-electron chi connectivity index (χ2n) is 5.07. The minimum atomic E-state index is -1.75. The molecule has 0 saturated carbocycles. The number of aromatic nitrogens is 2. The molecule has 0 spiro atoms. The summed E-state index contributed by atoms with van der Waals surface area (Å²) in [5, 5.41) is 0. The first-order valence-corrected chi connectivity index (χ1v) is 7.81. The first kappa shape index (κ1) is 16.5. The molecule has 6 heteroatoms. The normalized spacial score (nSPS) is 11.6. The SMILES string of the molecule is CC(C)C[P+](CC(C)C)(N=N)n1ccnc1.Cl. The molecule has 4 nitrogen and oxygen atoms in total. The van der Waals surface area contributed by atoms with Gasteiger partial charge in [0.25, 0.3) is 7.56 Å². The summed E-state index contributed by atoms with van der Waals surface area (Å²) in [6, 6.07) is 0. The van der Waals surface area contributed by atoms with Crippen molar-refractivity contribution in [2.75, 3.05) is 12.3 Å². The smallest absolute Gasteiger partial charge is 0.241 e. The van der Waals surface area contributed by atoms with Gasteiger partial charge in [0.05, 0.1) is 6.20 Å². The Balaban J connectivity index is 0.00000256. The molecule has 0 aliphatic heterocycles. The van der Waals surface area contributed by atoms with Gasteiger partial charge in [-0.2, -0.15) is 9.87 Å². The molecule has 1 aromatic heterocycles. The summed E-state index contributed by atoms with van der Waals surface area (Å²) in [5.74, 6) is 1.12. The third kappa shape index (κ3) is 4.36. The lowest BCUT2D eigenvalue weighted by atomic mass is 10.3. The second-order valence-corrected chi connectivity index (χ2v) is 8.22. The van der Waals surface area contributed by atoms with Gasteiger partial charge in [-0.25, -0.2) is 4.98 Å². The highest BCUT2D eigenvalue weighted by Gasteiger charge is 2.42. The fraction of sp³-hybridized carbons (Fsp3) is 0.727. The summed E-state index contributed by atoms with van der Waals surface area (Å²) in [6.45, 7) is 8.77. The van der Waals surface area contributed by atoms with Gasteiger partial charge < -0.3 is 0 Å². The van der Waals surface area contributed by atoms with Crippen molar-refractivity contribution in [2.24, 2.45) is 16.7 Å². The number of imidazole rings is 1. The fourth-order valence-corrected chi connectivity index (χ4v) is 5.73.